The summed E-state index contributed by atoms with van der Waals surface area (Å²) >= 11 is 0. The molecular formula is C23H33N5O2. The van der Waals surface area contributed by atoms with Gasteiger partial charge in [0.05, 0.1) is 6.26 Å². The summed E-state index contributed by atoms with van der Waals surface area (Å²) in [7, 11) is 1.80. The molecule has 0 spiro atoms. The molecule has 0 radical (unpaired) electrons. The van der Waals surface area contributed by atoms with Gasteiger partial charge in [-0.15, -0.1) is 0 Å². The Morgan fingerprint density at radius 3 is 2.37 bits per heavy atom. The third-order valence-electron chi connectivity index (χ3n) is 5.41. The van der Waals surface area contributed by atoms with E-state index in [-0.39, 0.29) is 17.5 Å². The van der Waals surface area contributed by atoms with Crippen molar-refractivity contribution >= 4 is 11.9 Å². The van der Waals surface area contributed by atoms with E-state index in [4.69, 9.17) is 4.42 Å². The monoisotopic (exact) mass is 411 g/mol. The molecule has 1 amide bonds. The summed E-state index contributed by atoms with van der Waals surface area (Å²) in [6.45, 7) is 10.1. The van der Waals surface area contributed by atoms with E-state index in [1.165, 1.54) is 11.8 Å². The van der Waals surface area contributed by atoms with Gasteiger partial charge in [-0.25, -0.2) is 0 Å². The topological polar surface area (TPSA) is 73.1 Å². The number of guanidine groups is 1. The summed E-state index contributed by atoms with van der Waals surface area (Å²) in [5, 5.41) is 7.19. The molecule has 1 aromatic carbocycles. The first kappa shape index (κ1) is 21.9. The fourth-order valence-electron chi connectivity index (χ4n) is 3.77. The van der Waals surface area contributed by atoms with Crippen molar-refractivity contribution in [1.29, 1.82) is 0 Å². The van der Waals surface area contributed by atoms with Crippen LogP contribution in [-0.4, -0.2) is 67.0 Å². The minimum atomic E-state index is -0.123. The molecule has 0 aliphatic carbocycles. The molecule has 7 nitrogen and oxygen atoms in total. The van der Waals surface area contributed by atoms with Gasteiger partial charge in [0.25, 0.3) is 5.91 Å². The van der Waals surface area contributed by atoms with E-state index in [0.717, 1.165) is 25.6 Å². The highest BCUT2D eigenvalue weighted by Gasteiger charge is 2.26. The second-order valence-corrected chi connectivity index (χ2v) is 8.32. The molecule has 30 heavy (non-hydrogen) atoms. The van der Waals surface area contributed by atoms with E-state index in [0.29, 0.717) is 18.8 Å². The first-order valence-electron chi connectivity index (χ1n) is 10.5. The van der Waals surface area contributed by atoms with Crippen LogP contribution < -0.4 is 10.6 Å². The molecule has 1 fully saturated rings. The Kier molecular flexibility index (Phi) is 7.15. The fraction of sp³-hybridized carbons (Fsp3) is 0.478. The molecule has 1 aromatic heterocycles. The number of piperazine rings is 1. The van der Waals surface area contributed by atoms with Gasteiger partial charge in [-0.2, -0.15) is 0 Å². The predicted molar refractivity (Wildman–Crippen MR) is 120 cm³/mol. The Bertz CT molecular complexity index is 825. The van der Waals surface area contributed by atoms with Crippen LogP contribution in [0.4, 0.5) is 0 Å². The van der Waals surface area contributed by atoms with Crippen molar-refractivity contribution in [1.82, 2.24) is 20.4 Å². The van der Waals surface area contributed by atoms with Crippen LogP contribution in [0.3, 0.4) is 0 Å². The summed E-state index contributed by atoms with van der Waals surface area (Å²) in [4.78, 5) is 20.9. The van der Waals surface area contributed by atoms with Gasteiger partial charge in [-0.05, 0) is 38.5 Å². The summed E-state index contributed by atoms with van der Waals surface area (Å²) in [6.07, 6.45) is 1.53. The summed E-state index contributed by atoms with van der Waals surface area (Å²) in [5.41, 5.74) is 1.15. The summed E-state index contributed by atoms with van der Waals surface area (Å²) < 4.78 is 5.24. The van der Waals surface area contributed by atoms with Gasteiger partial charge in [0.15, 0.2) is 11.7 Å². The van der Waals surface area contributed by atoms with Crippen LogP contribution >= 0.6 is 0 Å². The van der Waals surface area contributed by atoms with Crippen LogP contribution in [0.15, 0.2) is 58.1 Å². The van der Waals surface area contributed by atoms with Crippen molar-refractivity contribution in [3.05, 3.63) is 60.1 Å². The van der Waals surface area contributed by atoms with Crippen LogP contribution in [0.25, 0.3) is 0 Å². The van der Waals surface area contributed by atoms with Gasteiger partial charge < -0.3 is 24.9 Å². The maximum atomic E-state index is 12.4. The molecule has 7 heteroatoms. The molecule has 3 rings (SSSR count). The zero-order valence-corrected chi connectivity index (χ0v) is 18.4. The molecular weight excluding hydrogens is 378 g/mol. The Morgan fingerprint density at radius 1 is 1.10 bits per heavy atom. The van der Waals surface area contributed by atoms with E-state index >= 15 is 0 Å². The van der Waals surface area contributed by atoms with Gasteiger partial charge in [0, 0.05) is 51.4 Å². The van der Waals surface area contributed by atoms with Crippen LogP contribution in [0, 0.1) is 0 Å². The lowest BCUT2D eigenvalue weighted by atomic mass is 10.0. The molecule has 162 valence electrons. The minimum absolute atomic E-state index is 0.0529. The Hall–Kier alpha value is -2.80. The van der Waals surface area contributed by atoms with Gasteiger partial charge in [-0.3, -0.25) is 9.79 Å². The summed E-state index contributed by atoms with van der Waals surface area (Å²) in [6, 6.07) is 14.2. The third kappa shape index (κ3) is 5.63. The van der Waals surface area contributed by atoms with E-state index < -0.39 is 0 Å². The van der Waals surface area contributed by atoms with Gasteiger partial charge in [0.1, 0.15) is 0 Å². The largest absolute Gasteiger partial charge is 0.459 e. The molecule has 2 heterocycles. The molecule has 1 aliphatic heterocycles. The third-order valence-corrected chi connectivity index (χ3v) is 5.41. The number of nitrogens with one attached hydrogen (secondary N) is 2. The van der Waals surface area contributed by atoms with Crippen molar-refractivity contribution in [2.45, 2.75) is 32.4 Å². The molecule has 0 bridgehead atoms. The van der Waals surface area contributed by atoms with Crippen molar-refractivity contribution in [3.8, 4) is 0 Å². The standard InChI is InChI=1S/C23H33N5O2/c1-18(19-9-6-5-7-10-19)26-23(2,3)17-25-22(24-4)28-14-12-27(13-15-28)21(29)20-11-8-16-30-20/h5-11,16,18,26H,12-15,17H2,1-4H3,(H,24,25). The number of carbonyl (C=O) groups excluding carboxylic acids is 1. The zero-order chi connectivity index (χ0) is 21.6. The number of hydrogen-bond donors (Lipinski definition) is 2. The maximum Gasteiger partial charge on any atom is 0.289 e. The number of carbonyl (C=O) groups is 1. The van der Waals surface area contributed by atoms with E-state index in [1.807, 2.05) is 11.0 Å². The Balaban J connectivity index is 1.49. The molecule has 1 saturated heterocycles. The first-order chi connectivity index (χ1) is 14.4. The number of furan rings is 1. The second-order valence-electron chi connectivity index (χ2n) is 8.32. The van der Waals surface area contributed by atoms with Crippen molar-refractivity contribution in [2.24, 2.45) is 4.99 Å². The predicted octanol–water partition coefficient (Wildman–Crippen LogP) is 2.74. The van der Waals surface area contributed by atoms with E-state index in [2.05, 4.69) is 65.6 Å². The smallest absolute Gasteiger partial charge is 0.289 e. The fourth-order valence-corrected chi connectivity index (χ4v) is 3.77. The zero-order valence-electron chi connectivity index (χ0n) is 18.4. The van der Waals surface area contributed by atoms with Gasteiger partial charge in [-0.1, -0.05) is 30.3 Å². The van der Waals surface area contributed by atoms with Crippen molar-refractivity contribution in [3.63, 3.8) is 0 Å². The SMILES string of the molecule is CN=C(NCC(C)(C)NC(C)c1ccccc1)N1CCN(C(=O)c2ccco2)CC1. The lowest BCUT2D eigenvalue weighted by molar-refractivity contribution is 0.0657. The van der Waals surface area contributed by atoms with Gasteiger partial charge in [0.2, 0.25) is 0 Å². The lowest BCUT2D eigenvalue weighted by Gasteiger charge is -2.37. The lowest BCUT2D eigenvalue weighted by Crippen LogP contribution is -2.57. The van der Waals surface area contributed by atoms with Crippen LogP contribution in [-0.2, 0) is 0 Å². The highest BCUT2D eigenvalue weighted by molar-refractivity contribution is 5.91. The minimum Gasteiger partial charge on any atom is -0.459 e. The van der Waals surface area contributed by atoms with Crippen molar-refractivity contribution in [2.75, 3.05) is 39.8 Å². The highest BCUT2D eigenvalue weighted by atomic mass is 16.3. The van der Waals surface area contributed by atoms with Crippen LogP contribution in [0.1, 0.15) is 42.9 Å². The van der Waals surface area contributed by atoms with Crippen molar-refractivity contribution < 1.29 is 9.21 Å². The Morgan fingerprint density at radius 2 is 1.77 bits per heavy atom. The number of amides is 1. The maximum absolute atomic E-state index is 12.4. The molecule has 1 aliphatic rings. The molecule has 1 atom stereocenters. The average Bonchev–Trinajstić information content (AvgIpc) is 3.29. The average molecular weight is 412 g/mol. The quantitative estimate of drug-likeness (QED) is 0.565. The van der Waals surface area contributed by atoms with Crippen LogP contribution in [0.5, 0.6) is 0 Å². The van der Waals surface area contributed by atoms with E-state index in [9.17, 15) is 4.79 Å². The Labute approximate surface area is 179 Å². The number of aliphatic imine (C=N–C) groups is 1. The number of nitrogens with zero attached hydrogens (tertiary/aromatic N) is 3. The van der Waals surface area contributed by atoms with Gasteiger partial charge >= 0.3 is 0 Å². The molecule has 1 unspecified atom stereocenters. The molecule has 2 N–H and O–H groups in total. The molecule has 2 aromatic rings. The van der Waals surface area contributed by atoms with Crippen LogP contribution in [0.2, 0.25) is 0 Å². The summed E-state index contributed by atoms with van der Waals surface area (Å²) in [5.74, 6) is 1.21. The first-order valence-corrected chi connectivity index (χ1v) is 10.5. The second kappa shape index (κ2) is 9.80. The highest BCUT2D eigenvalue weighted by Crippen LogP contribution is 2.16. The number of benzene rings is 1. The normalized spacial score (nSPS) is 16.5. The number of hydrogen-bond acceptors (Lipinski definition) is 4. The van der Waals surface area contributed by atoms with E-state index in [1.54, 1.807) is 19.2 Å². The number of rotatable bonds is 6. The molecule has 0 saturated carbocycles.